The van der Waals surface area contributed by atoms with Gasteiger partial charge < -0.3 is 9.92 Å². The van der Waals surface area contributed by atoms with Crippen molar-refractivity contribution in [3.05, 3.63) is 0 Å². The Bertz CT molecular complexity index is 237. The number of rotatable bonds is 5. The second-order valence-corrected chi connectivity index (χ2v) is 4.06. The molecule has 0 atom stereocenters. The van der Waals surface area contributed by atoms with Gasteiger partial charge in [-0.25, -0.2) is 4.79 Å². The van der Waals surface area contributed by atoms with E-state index in [4.69, 9.17) is 0 Å². The number of hydrogen-bond acceptors (Lipinski definition) is 4. The molecule has 0 aliphatic heterocycles. The first kappa shape index (κ1) is 15.1. The highest BCUT2D eigenvalue weighted by Crippen LogP contribution is 2.00. The first-order valence-electron chi connectivity index (χ1n) is 3.69. The third-order valence-corrected chi connectivity index (χ3v) is 2.41. The van der Waals surface area contributed by atoms with Crippen LogP contribution in [0.25, 0.3) is 0 Å². The molecule has 0 saturated heterocycles. The van der Waals surface area contributed by atoms with Crippen molar-refractivity contribution in [3.63, 3.8) is 0 Å². The lowest BCUT2D eigenvalue weighted by Gasteiger charge is -2.01. The topological polar surface area (TPSA) is 86.5 Å². The summed E-state index contributed by atoms with van der Waals surface area (Å²) in [6.45, 7) is 1.95. The van der Waals surface area contributed by atoms with E-state index in [0.29, 0.717) is 6.42 Å². The molecule has 0 aromatic carbocycles. The summed E-state index contributed by atoms with van der Waals surface area (Å²) in [6, 6.07) is 0. The predicted octanol–water partition coefficient (Wildman–Crippen LogP) is 0.715. The zero-order valence-corrected chi connectivity index (χ0v) is 9.26. The predicted molar refractivity (Wildman–Crippen MR) is 54.4 cm³/mol. The number of nitrogens with two attached hydrogens (primary N) is 1. The van der Waals surface area contributed by atoms with Crippen LogP contribution in [0.4, 0.5) is 4.79 Å². The molecule has 0 aliphatic rings. The summed E-state index contributed by atoms with van der Waals surface area (Å²) in [5.74, 6) is -0.149. The van der Waals surface area contributed by atoms with E-state index in [0.717, 1.165) is 12.8 Å². The van der Waals surface area contributed by atoms with Crippen molar-refractivity contribution in [1.82, 2.24) is 0 Å². The number of carbonyl (C=O) groups is 1. The molecule has 0 bridgehead atoms. The van der Waals surface area contributed by atoms with Gasteiger partial charge in [0.15, 0.2) is 0 Å². The van der Waals surface area contributed by atoms with Crippen LogP contribution in [0.2, 0.25) is 0 Å². The van der Waals surface area contributed by atoms with Crippen LogP contribution in [0.15, 0.2) is 0 Å². The lowest BCUT2D eigenvalue weighted by atomic mass is 10.3. The highest BCUT2D eigenvalue weighted by Gasteiger charge is 2.13. The summed E-state index contributed by atoms with van der Waals surface area (Å²) in [6.07, 6.45) is 0.922. The number of unbranched alkanes of at least 4 members (excludes halogenated alkanes) is 2. The summed E-state index contributed by atoms with van der Waals surface area (Å²) >= 11 is 0. The Morgan fingerprint density at radius 3 is 2.31 bits per heavy atom. The van der Waals surface area contributed by atoms with E-state index >= 15 is 0 Å². The molecule has 0 radical (unpaired) electrons. The van der Waals surface area contributed by atoms with Crippen LogP contribution in [-0.4, -0.2) is 20.3 Å². The van der Waals surface area contributed by atoms with Gasteiger partial charge in [0.05, 0.1) is 5.75 Å². The number of amides is 1. The van der Waals surface area contributed by atoms with Crippen LogP contribution in [0, 0.1) is 0 Å². The third-order valence-electron chi connectivity index (χ3n) is 1.21. The van der Waals surface area contributed by atoms with E-state index in [-0.39, 0.29) is 19.2 Å². The Balaban J connectivity index is 0. The van der Waals surface area contributed by atoms with E-state index in [1.165, 1.54) is 0 Å². The molecular weight excluding hydrogens is 214 g/mol. The summed E-state index contributed by atoms with van der Waals surface area (Å²) < 4.78 is 25.5. The quantitative estimate of drug-likeness (QED) is 0.555. The zero-order chi connectivity index (χ0) is 9.61. The molecule has 80 valence electrons. The van der Waals surface area contributed by atoms with Gasteiger partial charge in [0.25, 0.3) is 0 Å². The molecule has 1 amide bonds. The molecule has 0 saturated carbocycles. The minimum absolute atomic E-state index is 0. The molecule has 5 nitrogen and oxygen atoms in total. The summed E-state index contributed by atoms with van der Waals surface area (Å²) in [5, 5.41) is 0. The standard InChI is InChI=1S/C6H13NO4S.H2S/c1-2-3-4-5-12(9,10)11-6(7)8;/h2-5H2,1H3,(H2,7,8);1H2. The number of hydrogen-bond donors (Lipinski definition) is 1. The molecule has 0 unspecified atom stereocenters. The van der Waals surface area contributed by atoms with Crippen molar-refractivity contribution < 1.29 is 17.4 Å². The van der Waals surface area contributed by atoms with Crippen molar-refractivity contribution >= 4 is 29.7 Å². The summed E-state index contributed by atoms with van der Waals surface area (Å²) in [5.41, 5.74) is 4.54. The van der Waals surface area contributed by atoms with Gasteiger partial charge in [-0.1, -0.05) is 19.8 Å². The summed E-state index contributed by atoms with van der Waals surface area (Å²) in [7, 11) is -3.73. The van der Waals surface area contributed by atoms with Crippen LogP contribution < -0.4 is 5.73 Å². The van der Waals surface area contributed by atoms with Crippen molar-refractivity contribution in [2.75, 3.05) is 5.75 Å². The van der Waals surface area contributed by atoms with E-state index < -0.39 is 16.2 Å². The van der Waals surface area contributed by atoms with E-state index in [1.807, 2.05) is 6.92 Å². The van der Waals surface area contributed by atoms with Crippen LogP contribution in [0.1, 0.15) is 26.2 Å². The van der Waals surface area contributed by atoms with Crippen LogP contribution in [-0.2, 0) is 14.3 Å². The lowest BCUT2D eigenvalue weighted by Crippen LogP contribution is -2.20. The molecule has 0 fully saturated rings. The highest BCUT2D eigenvalue weighted by atomic mass is 32.2. The Labute approximate surface area is 85.2 Å². The monoisotopic (exact) mass is 229 g/mol. The number of carbonyl (C=O) groups excluding carboxylic acids is 1. The normalized spacial score (nSPS) is 10.2. The molecule has 13 heavy (non-hydrogen) atoms. The van der Waals surface area contributed by atoms with Gasteiger partial charge in [0.1, 0.15) is 0 Å². The van der Waals surface area contributed by atoms with Crippen LogP contribution >= 0.6 is 13.5 Å². The maximum Gasteiger partial charge on any atom is 0.420 e. The maximum atomic E-state index is 10.8. The molecular formula is C6H15NO4S2. The van der Waals surface area contributed by atoms with Crippen molar-refractivity contribution in [2.45, 2.75) is 26.2 Å². The molecule has 0 aliphatic carbocycles. The van der Waals surface area contributed by atoms with E-state index in [9.17, 15) is 13.2 Å². The second-order valence-electron chi connectivity index (χ2n) is 2.37. The van der Waals surface area contributed by atoms with Gasteiger partial charge in [0.2, 0.25) is 0 Å². The van der Waals surface area contributed by atoms with Crippen LogP contribution in [0.5, 0.6) is 0 Å². The molecule has 0 spiro atoms. The molecule has 2 N–H and O–H groups in total. The van der Waals surface area contributed by atoms with E-state index in [2.05, 4.69) is 9.92 Å². The average molecular weight is 229 g/mol. The SMILES string of the molecule is CCCCCS(=O)(=O)OC(N)=O.S. The van der Waals surface area contributed by atoms with Crippen molar-refractivity contribution in [3.8, 4) is 0 Å². The fourth-order valence-corrected chi connectivity index (χ4v) is 1.59. The van der Waals surface area contributed by atoms with Gasteiger partial charge in [-0.05, 0) is 6.42 Å². The molecule has 0 heterocycles. The second kappa shape index (κ2) is 7.02. The molecule has 0 aromatic heterocycles. The molecule has 0 rings (SSSR count). The fourth-order valence-electron chi connectivity index (χ4n) is 0.696. The van der Waals surface area contributed by atoms with E-state index in [1.54, 1.807) is 0 Å². The fraction of sp³-hybridized carbons (Fsp3) is 0.833. The molecule has 0 aromatic rings. The first-order valence-corrected chi connectivity index (χ1v) is 5.27. The lowest BCUT2D eigenvalue weighted by molar-refractivity contribution is 0.212. The van der Waals surface area contributed by atoms with Gasteiger partial charge in [-0.2, -0.15) is 21.9 Å². The Hall–Kier alpha value is -0.430. The van der Waals surface area contributed by atoms with Crippen molar-refractivity contribution in [1.29, 1.82) is 0 Å². The van der Waals surface area contributed by atoms with Gasteiger partial charge in [-0.3, -0.25) is 0 Å². The first-order chi connectivity index (χ1) is 5.48. The van der Waals surface area contributed by atoms with Crippen molar-refractivity contribution in [2.24, 2.45) is 5.73 Å². The van der Waals surface area contributed by atoms with Gasteiger partial charge in [0, 0.05) is 0 Å². The van der Waals surface area contributed by atoms with Crippen LogP contribution in [0.3, 0.4) is 0 Å². The Morgan fingerprint density at radius 2 is 1.92 bits per heavy atom. The zero-order valence-electron chi connectivity index (χ0n) is 7.45. The smallest absolute Gasteiger partial charge is 0.334 e. The highest BCUT2D eigenvalue weighted by molar-refractivity contribution is 7.87. The maximum absolute atomic E-state index is 10.8. The minimum Gasteiger partial charge on any atom is -0.334 e. The minimum atomic E-state index is -3.73. The average Bonchev–Trinajstić information content (AvgIpc) is 1.84. The Kier molecular flexibility index (Phi) is 8.13. The third kappa shape index (κ3) is 9.48. The Morgan fingerprint density at radius 1 is 1.38 bits per heavy atom. The summed E-state index contributed by atoms with van der Waals surface area (Å²) in [4.78, 5) is 10.1. The number of primary amides is 1. The molecule has 7 heteroatoms. The van der Waals surface area contributed by atoms with Gasteiger partial charge >= 0.3 is 16.2 Å². The largest absolute Gasteiger partial charge is 0.420 e. The van der Waals surface area contributed by atoms with Gasteiger partial charge in [-0.15, -0.1) is 0 Å².